The number of benzene rings is 1. The number of para-hydroxylation sites is 1. The average molecular weight is 259 g/mol. The summed E-state index contributed by atoms with van der Waals surface area (Å²) in [6.45, 7) is 12.1. The van der Waals surface area contributed by atoms with Crippen molar-refractivity contribution in [2.45, 2.75) is 45.1 Å². The minimum absolute atomic E-state index is 0.101. The number of rotatable bonds is 6. The molecule has 0 heterocycles. The van der Waals surface area contributed by atoms with Gasteiger partial charge in [0.2, 0.25) is 0 Å². The Hall–Kier alpha value is -1.28. The molecule has 1 aliphatic carbocycles. The van der Waals surface area contributed by atoms with Crippen LogP contribution in [0.4, 0.5) is 0 Å². The third-order valence-electron chi connectivity index (χ3n) is 3.34. The van der Waals surface area contributed by atoms with Crippen molar-refractivity contribution in [1.82, 2.24) is 5.32 Å². The highest BCUT2D eigenvalue weighted by Crippen LogP contribution is 2.31. The zero-order valence-electron chi connectivity index (χ0n) is 12.3. The lowest BCUT2D eigenvalue weighted by Crippen LogP contribution is -2.22. The van der Waals surface area contributed by atoms with Crippen LogP contribution in [-0.2, 0) is 5.41 Å². The molecule has 2 heteroatoms. The Kier molecular flexibility index (Phi) is 4.31. The molecule has 1 saturated carbocycles. The van der Waals surface area contributed by atoms with Crippen molar-refractivity contribution in [3.8, 4) is 5.75 Å². The SMILES string of the molecule is C=C(CNC1CC1)COc1ccccc1C(C)(C)C. The first-order valence-electron chi connectivity index (χ1n) is 7.09. The molecule has 2 rings (SSSR count). The van der Waals surface area contributed by atoms with Crippen LogP contribution in [0.25, 0.3) is 0 Å². The van der Waals surface area contributed by atoms with Crippen LogP contribution < -0.4 is 10.1 Å². The number of hydrogen-bond donors (Lipinski definition) is 1. The molecule has 0 radical (unpaired) electrons. The molecule has 19 heavy (non-hydrogen) atoms. The van der Waals surface area contributed by atoms with E-state index in [1.807, 2.05) is 12.1 Å². The van der Waals surface area contributed by atoms with Crippen molar-refractivity contribution in [2.75, 3.05) is 13.2 Å². The third-order valence-corrected chi connectivity index (χ3v) is 3.34. The molecule has 0 amide bonds. The highest BCUT2D eigenvalue weighted by Gasteiger charge is 2.21. The summed E-state index contributed by atoms with van der Waals surface area (Å²) in [6.07, 6.45) is 2.61. The summed E-state index contributed by atoms with van der Waals surface area (Å²) in [5.41, 5.74) is 2.46. The predicted molar refractivity (Wildman–Crippen MR) is 80.8 cm³/mol. The van der Waals surface area contributed by atoms with Crippen LogP contribution in [-0.4, -0.2) is 19.2 Å². The van der Waals surface area contributed by atoms with Crippen LogP contribution >= 0.6 is 0 Å². The second kappa shape index (κ2) is 5.79. The molecule has 104 valence electrons. The lowest BCUT2D eigenvalue weighted by Gasteiger charge is -2.23. The van der Waals surface area contributed by atoms with Crippen LogP contribution in [0.5, 0.6) is 5.75 Å². The van der Waals surface area contributed by atoms with Crippen molar-refractivity contribution < 1.29 is 4.74 Å². The molecule has 0 aromatic heterocycles. The maximum absolute atomic E-state index is 5.94. The van der Waals surface area contributed by atoms with E-state index >= 15 is 0 Å². The van der Waals surface area contributed by atoms with E-state index in [1.54, 1.807) is 0 Å². The first kappa shape index (κ1) is 14.1. The zero-order valence-corrected chi connectivity index (χ0v) is 12.3. The largest absolute Gasteiger partial charge is 0.489 e. The van der Waals surface area contributed by atoms with Crippen LogP contribution in [0.15, 0.2) is 36.4 Å². The zero-order chi connectivity index (χ0) is 13.9. The van der Waals surface area contributed by atoms with Gasteiger partial charge in [-0.2, -0.15) is 0 Å². The maximum atomic E-state index is 5.94. The van der Waals surface area contributed by atoms with Crippen LogP contribution in [0.1, 0.15) is 39.2 Å². The fourth-order valence-corrected chi connectivity index (χ4v) is 2.02. The molecule has 1 fully saturated rings. The van der Waals surface area contributed by atoms with Crippen LogP contribution in [0.2, 0.25) is 0 Å². The lowest BCUT2D eigenvalue weighted by atomic mass is 9.86. The molecule has 0 atom stereocenters. The van der Waals surface area contributed by atoms with Gasteiger partial charge in [-0.1, -0.05) is 45.5 Å². The second-order valence-electron chi connectivity index (χ2n) is 6.44. The highest BCUT2D eigenvalue weighted by atomic mass is 16.5. The van der Waals surface area contributed by atoms with E-state index in [9.17, 15) is 0 Å². The minimum atomic E-state index is 0.101. The Morgan fingerprint density at radius 1 is 1.32 bits per heavy atom. The Morgan fingerprint density at radius 2 is 2.00 bits per heavy atom. The van der Waals surface area contributed by atoms with Gasteiger partial charge in [-0.3, -0.25) is 0 Å². The molecule has 0 unspecified atom stereocenters. The summed E-state index contributed by atoms with van der Waals surface area (Å²) in [5.74, 6) is 0.975. The summed E-state index contributed by atoms with van der Waals surface area (Å²) < 4.78 is 5.94. The first-order chi connectivity index (χ1) is 8.97. The average Bonchev–Trinajstić information content (AvgIpc) is 3.17. The maximum Gasteiger partial charge on any atom is 0.123 e. The van der Waals surface area contributed by atoms with Gasteiger partial charge in [0.1, 0.15) is 12.4 Å². The van der Waals surface area contributed by atoms with E-state index in [0.717, 1.165) is 23.9 Å². The second-order valence-corrected chi connectivity index (χ2v) is 6.44. The molecule has 2 nitrogen and oxygen atoms in total. The van der Waals surface area contributed by atoms with Crippen molar-refractivity contribution in [3.05, 3.63) is 42.0 Å². The van der Waals surface area contributed by atoms with E-state index in [0.29, 0.717) is 6.61 Å². The van der Waals surface area contributed by atoms with Crippen molar-refractivity contribution in [1.29, 1.82) is 0 Å². The Morgan fingerprint density at radius 3 is 2.63 bits per heavy atom. The monoisotopic (exact) mass is 259 g/mol. The highest BCUT2D eigenvalue weighted by molar-refractivity contribution is 5.38. The summed E-state index contributed by atoms with van der Waals surface area (Å²) in [5, 5.41) is 3.46. The molecule has 0 aliphatic heterocycles. The topological polar surface area (TPSA) is 21.3 Å². The smallest absolute Gasteiger partial charge is 0.123 e. The molecule has 0 saturated heterocycles. The van der Waals surface area contributed by atoms with Crippen LogP contribution in [0.3, 0.4) is 0 Å². The van der Waals surface area contributed by atoms with E-state index in [4.69, 9.17) is 4.74 Å². The van der Waals surface area contributed by atoms with Gasteiger partial charge in [0, 0.05) is 12.6 Å². The quantitative estimate of drug-likeness (QED) is 0.787. The molecule has 0 bridgehead atoms. The van der Waals surface area contributed by atoms with E-state index < -0.39 is 0 Å². The Bertz CT molecular complexity index is 441. The van der Waals surface area contributed by atoms with E-state index in [-0.39, 0.29) is 5.41 Å². The molecule has 1 aromatic carbocycles. The Balaban J connectivity index is 1.89. The predicted octanol–water partition coefficient (Wildman–Crippen LogP) is 3.67. The fourth-order valence-electron chi connectivity index (χ4n) is 2.02. The standard InChI is InChI=1S/C17H25NO/c1-13(11-18-14-9-10-14)12-19-16-8-6-5-7-15(16)17(2,3)4/h5-8,14,18H,1,9-12H2,2-4H3. The molecule has 0 spiro atoms. The summed E-state index contributed by atoms with van der Waals surface area (Å²) in [4.78, 5) is 0. The van der Waals surface area contributed by atoms with Gasteiger partial charge in [0.15, 0.2) is 0 Å². The normalized spacial score (nSPS) is 15.3. The fraction of sp³-hybridized carbons (Fsp3) is 0.529. The molecular formula is C17H25NO. The van der Waals surface area contributed by atoms with Gasteiger partial charge in [-0.05, 0) is 35.5 Å². The number of nitrogens with one attached hydrogen (secondary N) is 1. The number of hydrogen-bond acceptors (Lipinski definition) is 2. The van der Waals surface area contributed by atoms with Crippen LogP contribution in [0, 0.1) is 0 Å². The number of ether oxygens (including phenoxy) is 1. The van der Waals surface area contributed by atoms with Gasteiger partial charge >= 0.3 is 0 Å². The minimum Gasteiger partial charge on any atom is -0.489 e. The Labute approximate surface area is 116 Å². The van der Waals surface area contributed by atoms with E-state index in [1.165, 1.54) is 18.4 Å². The van der Waals surface area contributed by atoms with Crippen molar-refractivity contribution in [3.63, 3.8) is 0 Å². The van der Waals surface area contributed by atoms with Crippen molar-refractivity contribution in [2.24, 2.45) is 0 Å². The van der Waals surface area contributed by atoms with Gasteiger partial charge in [-0.25, -0.2) is 0 Å². The third kappa shape index (κ3) is 4.39. The summed E-state index contributed by atoms with van der Waals surface area (Å²) in [7, 11) is 0. The molecule has 1 N–H and O–H groups in total. The van der Waals surface area contributed by atoms with Crippen molar-refractivity contribution >= 4 is 0 Å². The van der Waals surface area contributed by atoms with E-state index in [2.05, 4.69) is 44.8 Å². The molecular weight excluding hydrogens is 234 g/mol. The van der Waals surface area contributed by atoms with Gasteiger partial charge in [0.25, 0.3) is 0 Å². The summed E-state index contributed by atoms with van der Waals surface area (Å²) in [6, 6.07) is 8.99. The summed E-state index contributed by atoms with van der Waals surface area (Å²) >= 11 is 0. The molecule has 1 aromatic rings. The van der Waals surface area contributed by atoms with Gasteiger partial charge < -0.3 is 10.1 Å². The first-order valence-corrected chi connectivity index (χ1v) is 7.09. The lowest BCUT2D eigenvalue weighted by molar-refractivity contribution is 0.337. The van der Waals surface area contributed by atoms with Gasteiger partial charge in [-0.15, -0.1) is 0 Å². The van der Waals surface area contributed by atoms with Gasteiger partial charge in [0.05, 0.1) is 0 Å². The molecule has 1 aliphatic rings.